The second-order valence-corrected chi connectivity index (χ2v) is 4.92. The number of rotatable bonds is 6. The van der Waals surface area contributed by atoms with Crippen molar-refractivity contribution < 1.29 is 4.74 Å². The lowest BCUT2D eigenvalue weighted by molar-refractivity contribution is 0.286. The van der Waals surface area contributed by atoms with Gasteiger partial charge in [0.2, 0.25) is 0 Å². The van der Waals surface area contributed by atoms with E-state index < -0.39 is 0 Å². The molecule has 2 aromatic rings. The van der Waals surface area contributed by atoms with Crippen molar-refractivity contribution in [3.05, 3.63) is 53.3 Å². The summed E-state index contributed by atoms with van der Waals surface area (Å²) in [5, 5.41) is 0. The van der Waals surface area contributed by atoms with Gasteiger partial charge in [0, 0.05) is 5.69 Å². The van der Waals surface area contributed by atoms with E-state index in [1.807, 2.05) is 25.1 Å². The standard InChI is InChI=1S/C15H17N3OS/c1-11-10-13(14(16)20)18-15(17-11)19-9-5-8-12-6-3-2-4-7-12/h2-4,6-7,10H,5,8-9H2,1H3,(H2,16,20). The fourth-order valence-electron chi connectivity index (χ4n) is 1.82. The van der Waals surface area contributed by atoms with Crippen LogP contribution in [-0.2, 0) is 6.42 Å². The monoisotopic (exact) mass is 287 g/mol. The summed E-state index contributed by atoms with van der Waals surface area (Å²) in [6.07, 6.45) is 1.87. The summed E-state index contributed by atoms with van der Waals surface area (Å²) in [6, 6.07) is 12.4. The highest BCUT2D eigenvalue weighted by molar-refractivity contribution is 7.80. The largest absolute Gasteiger partial charge is 0.463 e. The predicted octanol–water partition coefficient (Wildman–Crippen LogP) is 2.43. The van der Waals surface area contributed by atoms with Crippen LogP contribution in [0.1, 0.15) is 23.4 Å². The van der Waals surface area contributed by atoms with Crippen LogP contribution >= 0.6 is 12.2 Å². The molecule has 0 bridgehead atoms. The van der Waals surface area contributed by atoms with Crippen molar-refractivity contribution in [3.63, 3.8) is 0 Å². The number of ether oxygens (including phenoxy) is 1. The molecule has 2 rings (SSSR count). The van der Waals surface area contributed by atoms with Gasteiger partial charge in [-0.2, -0.15) is 4.98 Å². The first-order valence-electron chi connectivity index (χ1n) is 6.47. The molecular formula is C15H17N3OS. The fraction of sp³-hybridized carbons (Fsp3) is 0.267. The number of thiocarbonyl (C=S) groups is 1. The van der Waals surface area contributed by atoms with Gasteiger partial charge in [0.15, 0.2) is 0 Å². The van der Waals surface area contributed by atoms with Crippen molar-refractivity contribution in [2.75, 3.05) is 6.61 Å². The molecule has 0 saturated heterocycles. The van der Waals surface area contributed by atoms with Crippen molar-refractivity contribution in [2.24, 2.45) is 5.73 Å². The maximum Gasteiger partial charge on any atom is 0.317 e. The van der Waals surface area contributed by atoms with Gasteiger partial charge in [-0.1, -0.05) is 42.5 Å². The van der Waals surface area contributed by atoms with Gasteiger partial charge in [0.05, 0.1) is 6.61 Å². The van der Waals surface area contributed by atoms with Gasteiger partial charge in [-0.3, -0.25) is 0 Å². The first kappa shape index (κ1) is 14.4. The lowest BCUT2D eigenvalue weighted by atomic mass is 10.1. The summed E-state index contributed by atoms with van der Waals surface area (Å²) in [5.41, 5.74) is 8.20. The lowest BCUT2D eigenvalue weighted by Crippen LogP contribution is -2.14. The molecule has 2 N–H and O–H groups in total. The van der Waals surface area contributed by atoms with Crippen LogP contribution in [0.3, 0.4) is 0 Å². The van der Waals surface area contributed by atoms with Crippen molar-refractivity contribution >= 4 is 17.2 Å². The van der Waals surface area contributed by atoms with Crippen LogP contribution in [0.15, 0.2) is 36.4 Å². The summed E-state index contributed by atoms with van der Waals surface area (Å²) in [6.45, 7) is 2.43. The highest BCUT2D eigenvalue weighted by Gasteiger charge is 2.05. The molecule has 1 aromatic carbocycles. The van der Waals surface area contributed by atoms with Crippen LogP contribution in [0, 0.1) is 6.92 Å². The van der Waals surface area contributed by atoms with Crippen LogP contribution in [0.5, 0.6) is 6.01 Å². The van der Waals surface area contributed by atoms with E-state index in [0.29, 0.717) is 18.3 Å². The normalized spacial score (nSPS) is 10.2. The lowest BCUT2D eigenvalue weighted by Gasteiger charge is -2.07. The number of aromatic nitrogens is 2. The number of hydrogen-bond donors (Lipinski definition) is 1. The molecule has 0 spiro atoms. The summed E-state index contributed by atoms with van der Waals surface area (Å²) in [4.78, 5) is 8.64. The first-order valence-corrected chi connectivity index (χ1v) is 6.88. The highest BCUT2D eigenvalue weighted by atomic mass is 32.1. The van der Waals surface area contributed by atoms with Gasteiger partial charge >= 0.3 is 6.01 Å². The van der Waals surface area contributed by atoms with Crippen molar-refractivity contribution in [1.82, 2.24) is 9.97 Å². The maximum atomic E-state index is 5.57. The van der Waals surface area contributed by atoms with Crippen LogP contribution in [0.25, 0.3) is 0 Å². The smallest absolute Gasteiger partial charge is 0.317 e. The Morgan fingerprint density at radius 3 is 2.70 bits per heavy atom. The Morgan fingerprint density at radius 1 is 1.25 bits per heavy atom. The van der Waals surface area contributed by atoms with Gasteiger partial charge in [-0.25, -0.2) is 4.98 Å². The molecule has 1 heterocycles. The number of hydrogen-bond acceptors (Lipinski definition) is 4. The van der Waals surface area contributed by atoms with Crippen LogP contribution in [0.2, 0.25) is 0 Å². The second kappa shape index (κ2) is 6.96. The Bertz CT molecular complexity index is 587. The third kappa shape index (κ3) is 4.28. The van der Waals surface area contributed by atoms with Crippen LogP contribution in [0.4, 0.5) is 0 Å². The SMILES string of the molecule is Cc1cc(C(N)=S)nc(OCCCc2ccccc2)n1. The van der Waals surface area contributed by atoms with E-state index in [0.717, 1.165) is 18.5 Å². The second-order valence-electron chi connectivity index (χ2n) is 4.48. The molecule has 1 aromatic heterocycles. The highest BCUT2D eigenvalue weighted by Crippen LogP contribution is 2.08. The summed E-state index contributed by atoms with van der Waals surface area (Å²) >= 11 is 4.91. The van der Waals surface area contributed by atoms with E-state index in [1.54, 1.807) is 6.07 Å². The topological polar surface area (TPSA) is 61.0 Å². The molecule has 0 unspecified atom stereocenters. The third-order valence-corrected chi connectivity index (χ3v) is 2.98. The molecule has 0 saturated carbocycles. The average molecular weight is 287 g/mol. The van der Waals surface area contributed by atoms with Gasteiger partial charge in [-0.05, 0) is 31.4 Å². The van der Waals surface area contributed by atoms with Gasteiger partial charge in [0.25, 0.3) is 0 Å². The van der Waals surface area contributed by atoms with Crippen molar-refractivity contribution in [2.45, 2.75) is 19.8 Å². The van der Waals surface area contributed by atoms with E-state index >= 15 is 0 Å². The molecule has 0 aliphatic rings. The summed E-state index contributed by atoms with van der Waals surface area (Å²) < 4.78 is 5.56. The minimum atomic E-state index is 0.254. The summed E-state index contributed by atoms with van der Waals surface area (Å²) in [5.74, 6) is 0. The summed E-state index contributed by atoms with van der Waals surface area (Å²) in [7, 11) is 0. The molecule has 0 amide bonds. The molecule has 4 nitrogen and oxygen atoms in total. The van der Waals surface area contributed by atoms with Crippen LogP contribution < -0.4 is 10.5 Å². The maximum absolute atomic E-state index is 5.57. The fourth-order valence-corrected chi connectivity index (χ4v) is 1.92. The zero-order chi connectivity index (χ0) is 14.4. The van der Waals surface area contributed by atoms with E-state index in [2.05, 4.69) is 22.1 Å². The quantitative estimate of drug-likeness (QED) is 0.653. The molecule has 0 radical (unpaired) electrons. The molecule has 0 fully saturated rings. The Kier molecular flexibility index (Phi) is 5.01. The number of benzene rings is 1. The van der Waals surface area contributed by atoms with Crippen molar-refractivity contribution in [3.8, 4) is 6.01 Å². The van der Waals surface area contributed by atoms with Crippen LogP contribution in [-0.4, -0.2) is 21.6 Å². The van der Waals surface area contributed by atoms with E-state index in [-0.39, 0.29) is 4.99 Å². The minimum Gasteiger partial charge on any atom is -0.463 e. The molecule has 0 aliphatic carbocycles. The third-order valence-electron chi connectivity index (χ3n) is 2.77. The molecule has 104 valence electrons. The molecule has 5 heteroatoms. The number of nitrogens with two attached hydrogens (primary N) is 1. The Hall–Kier alpha value is -2.01. The number of nitrogens with zero attached hydrogens (tertiary/aromatic N) is 2. The zero-order valence-electron chi connectivity index (χ0n) is 11.4. The first-order chi connectivity index (χ1) is 9.65. The Labute approximate surface area is 124 Å². The van der Waals surface area contributed by atoms with Gasteiger partial charge in [0.1, 0.15) is 10.7 Å². The molecule has 0 aliphatic heterocycles. The average Bonchev–Trinajstić information content (AvgIpc) is 2.44. The molecular weight excluding hydrogens is 270 g/mol. The Morgan fingerprint density at radius 2 is 2.00 bits per heavy atom. The predicted molar refractivity (Wildman–Crippen MR) is 82.9 cm³/mol. The van der Waals surface area contributed by atoms with E-state index in [9.17, 15) is 0 Å². The van der Waals surface area contributed by atoms with Gasteiger partial charge < -0.3 is 10.5 Å². The minimum absolute atomic E-state index is 0.254. The van der Waals surface area contributed by atoms with Crippen molar-refractivity contribution in [1.29, 1.82) is 0 Å². The molecule has 0 atom stereocenters. The van der Waals surface area contributed by atoms with E-state index in [1.165, 1.54) is 5.56 Å². The molecule has 20 heavy (non-hydrogen) atoms. The van der Waals surface area contributed by atoms with Gasteiger partial charge in [-0.15, -0.1) is 0 Å². The van der Waals surface area contributed by atoms with E-state index in [4.69, 9.17) is 22.7 Å². The zero-order valence-corrected chi connectivity index (χ0v) is 12.2. The number of aryl methyl sites for hydroxylation is 2. The Balaban J connectivity index is 1.86.